The predicted molar refractivity (Wildman–Crippen MR) is 108 cm³/mol. The van der Waals surface area contributed by atoms with E-state index in [1.165, 1.54) is 30.5 Å². The van der Waals surface area contributed by atoms with Gasteiger partial charge >= 0.3 is 0 Å². The van der Waals surface area contributed by atoms with E-state index in [1.54, 1.807) is 24.3 Å². The number of thiazole rings is 1. The Morgan fingerprint density at radius 3 is 2.04 bits per heavy atom. The van der Waals surface area contributed by atoms with E-state index >= 15 is 0 Å². The van der Waals surface area contributed by atoms with Crippen LogP contribution >= 0.6 is 23.7 Å². The summed E-state index contributed by atoms with van der Waals surface area (Å²) >= 11 is 1.04. The quantitative estimate of drug-likeness (QED) is 0.648. The van der Waals surface area contributed by atoms with Gasteiger partial charge in [-0.15, -0.1) is 23.7 Å². The molecule has 0 aliphatic carbocycles. The summed E-state index contributed by atoms with van der Waals surface area (Å²) in [5.74, 6) is 0. The van der Waals surface area contributed by atoms with Gasteiger partial charge in [0.25, 0.3) is 0 Å². The van der Waals surface area contributed by atoms with Crippen LogP contribution in [-0.2, 0) is 26.2 Å². The Balaban J connectivity index is 0.00000261. The van der Waals surface area contributed by atoms with Gasteiger partial charge in [0.2, 0.25) is 9.84 Å². The Morgan fingerprint density at radius 1 is 0.963 bits per heavy atom. The molecular formula is C17H17ClN2O4S3. The first kappa shape index (κ1) is 21.5. The lowest BCUT2D eigenvalue weighted by Gasteiger charge is -2.07. The van der Waals surface area contributed by atoms with E-state index < -0.39 is 19.7 Å². The minimum atomic E-state index is -3.72. The van der Waals surface area contributed by atoms with Crippen molar-refractivity contribution in [3.8, 4) is 11.1 Å². The third-order valence-electron chi connectivity index (χ3n) is 3.71. The molecule has 144 valence electrons. The summed E-state index contributed by atoms with van der Waals surface area (Å²) in [7, 11) is -7.07. The molecule has 3 aromatic rings. The Labute approximate surface area is 168 Å². The maximum absolute atomic E-state index is 12.8. The number of aromatic nitrogens is 1. The molecule has 0 unspecified atom stereocenters. The Bertz CT molecular complexity index is 1170. The summed E-state index contributed by atoms with van der Waals surface area (Å²) in [5, 5.41) is 0.542. The van der Waals surface area contributed by atoms with E-state index in [1.807, 2.05) is 0 Å². The Kier molecular flexibility index (Phi) is 6.43. The fraction of sp³-hybridized carbons (Fsp3) is 0.118. The van der Waals surface area contributed by atoms with Gasteiger partial charge in [-0.3, -0.25) is 0 Å². The summed E-state index contributed by atoms with van der Waals surface area (Å²) in [5.41, 5.74) is 6.73. The largest absolute Gasteiger partial charge is 0.325 e. The monoisotopic (exact) mass is 444 g/mol. The zero-order chi connectivity index (χ0) is 18.9. The Hall–Kier alpha value is -1.78. The number of rotatable bonds is 5. The van der Waals surface area contributed by atoms with Crippen molar-refractivity contribution in [1.82, 2.24) is 4.98 Å². The molecule has 1 aromatic heterocycles. The van der Waals surface area contributed by atoms with Crippen molar-refractivity contribution < 1.29 is 16.8 Å². The van der Waals surface area contributed by atoms with Crippen LogP contribution in [0.25, 0.3) is 11.1 Å². The molecule has 10 heteroatoms. The van der Waals surface area contributed by atoms with Crippen LogP contribution in [0.5, 0.6) is 0 Å². The number of benzene rings is 2. The van der Waals surface area contributed by atoms with Gasteiger partial charge in [-0.25, -0.2) is 21.8 Å². The highest BCUT2D eigenvalue weighted by Gasteiger charge is 2.21. The maximum Gasteiger partial charge on any atom is 0.217 e. The van der Waals surface area contributed by atoms with Crippen molar-refractivity contribution in [2.24, 2.45) is 5.73 Å². The number of nitrogens with zero attached hydrogens (tertiary/aromatic N) is 1. The topological polar surface area (TPSA) is 107 Å². The molecule has 0 spiro atoms. The second-order valence-corrected chi connectivity index (χ2v) is 10.9. The van der Waals surface area contributed by atoms with E-state index in [0.717, 1.165) is 17.6 Å². The highest BCUT2D eigenvalue weighted by atomic mass is 35.5. The number of hydrogen-bond donors (Lipinski definition) is 1. The van der Waals surface area contributed by atoms with Crippen LogP contribution in [-0.4, -0.2) is 28.1 Å². The van der Waals surface area contributed by atoms with E-state index in [2.05, 4.69) is 4.98 Å². The maximum atomic E-state index is 12.8. The second-order valence-electron chi connectivity index (χ2n) is 5.61. The average molecular weight is 445 g/mol. The van der Waals surface area contributed by atoms with Gasteiger partial charge in [-0.05, 0) is 35.4 Å². The van der Waals surface area contributed by atoms with Crippen LogP contribution < -0.4 is 5.73 Å². The third kappa shape index (κ3) is 4.56. The minimum absolute atomic E-state index is 0. The van der Waals surface area contributed by atoms with E-state index in [4.69, 9.17) is 5.73 Å². The fourth-order valence-corrected chi connectivity index (χ4v) is 5.55. The molecule has 2 aromatic carbocycles. The first-order valence-electron chi connectivity index (χ1n) is 7.52. The van der Waals surface area contributed by atoms with Crippen molar-refractivity contribution in [3.63, 3.8) is 0 Å². The standard InChI is InChI=1S/C17H16N2O4S3.ClH/c1-25(20,21)14-6-2-4-12(8-14)13-5-3-7-15(9-13)26(22,23)17-11-19-16(10-18)24-17;/h2-9,11H,10,18H2,1H3;1H. The summed E-state index contributed by atoms with van der Waals surface area (Å²) in [6, 6.07) is 12.8. The van der Waals surface area contributed by atoms with E-state index in [-0.39, 0.29) is 33.0 Å². The van der Waals surface area contributed by atoms with Gasteiger partial charge in [0.05, 0.1) is 16.0 Å². The van der Waals surface area contributed by atoms with Gasteiger partial charge in [-0.2, -0.15) is 0 Å². The smallest absolute Gasteiger partial charge is 0.217 e. The van der Waals surface area contributed by atoms with E-state index in [0.29, 0.717) is 16.1 Å². The van der Waals surface area contributed by atoms with Crippen LogP contribution in [0.3, 0.4) is 0 Å². The number of halogens is 1. The first-order valence-corrected chi connectivity index (χ1v) is 11.7. The lowest BCUT2D eigenvalue weighted by atomic mass is 10.1. The van der Waals surface area contributed by atoms with Gasteiger partial charge in [0.15, 0.2) is 9.84 Å². The number of hydrogen-bond acceptors (Lipinski definition) is 7. The third-order valence-corrected chi connectivity index (χ3v) is 8.05. The van der Waals surface area contributed by atoms with E-state index in [9.17, 15) is 16.8 Å². The molecule has 0 radical (unpaired) electrons. The lowest BCUT2D eigenvalue weighted by molar-refractivity contribution is 0.597. The Morgan fingerprint density at radius 2 is 1.52 bits per heavy atom. The molecule has 0 saturated carbocycles. The molecule has 0 bridgehead atoms. The average Bonchev–Trinajstić information content (AvgIpc) is 3.11. The van der Waals surface area contributed by atoms with Gasteiger partial charge in [-0.1, -0.05) is 24.3 Å². The molecule has 0 saturated heterocycles. The van der Waals surface area contributed by atoms with Gasteiger partial charge in [0.1, 0.15) is 9.22 Å². The summed E-state index contributed by atoms with van der Waals surface area (Å²) < 4.78 is 49.2. The summed E-state index contributed by atoms with van der Waals surface area (Å²) in [6.07, 6.45) is 2.44. The zero-order valence-corrected chi connectivity index (χ0v) is 17.5. The lowest BCUT2D eigenvalue weighted by Crippen LogP contribution is -2.00. The second kappa shape index (κ2) is 8.07. The summed E-state index contributed by atoms with van der Waals surface area (Å²) in [6.45, 7) is 0.179. The summed E-state index contributed by atoms with van der Waals surface area (Å²) in [4.78, 5) is 4.29. The molecule has 27 heavy (non-hydrogen) atoms. The molecule has 0 atom stereocenters. The molecule has 6 nitrogen and oxygen atoms in total. The van der Waals surface area contributed by atoms with Crippen LogP contribution in [0.1, 0.15) is 5.01 Å². The molecular weight excluding hydrogens is 428 g/mol. The van der Waals surface area contributed by atoms with Crippen molar-refractivity contribution in [2.75, 3.05) is 6.26 Å². The molecule has 2 N–H and O–H groups in total. The molecule has 0 aliphatic heterocycles. The van der Waals surface area contributed by atoms with Crippen LogP contribution in [0.2, 0.25) is 0 Å². The van der Waals surface area contributed by atoms with Gasteiger partial charge in [0, 0.05) is 12.8 Å². The van der Waals surface area contributed by atoms with Crippen molar-refractivity contribution >= 4 is 43.4 Å². The first-order chi connectivity index (χ1) is 12.2. The highest BCUT2D eigenvalue weighted by molar-refractivity contribution is 7.93. The molecule has 3 rings (SSSR count). The fourth-order valence-electron chi connectivity index (χ4n) is 2.38. The van der Waals surface area contributed by atoms with Crippen molar-refractivity contribution in [1.29, 1.82) is 0 Å². The number of sulfone groups is 2. The van der Waals surface area contributed by atoms with Crippen LogP contribution in [0.15, 0.2) is 68.7 Å². The predicted octanol–water partition coefficient (Wildman–Crippen LogP) is 2.93. The minimum Gasteiger partial charge on any atom is -0.325 e. The van der Waals surface area contributed by atoms with Crippen LogP contribution in [0.4, 0.5) is 0 Å². The van der Waals surface area contributed by atoms with Crippen LogP contribution in [0, 0.1) is 0 Å². The molecule has 0 fully saturated rings. The number of nitrogens with two attached hydrogens (primary N) is 1. The molecule has 1 heterocycles. The SMILES string of the molecule is CS(=O)(=O)c1cccc(-c2cccc(S(=O)(=O)c3cnc(CN)s3)c2)c1.Cl. The molecule has 0 aliphatic rings. The molecule has 0 amide bonds. The normalized spacial score (nSPS) is 11.8. The van der Waals surface area contributed by atoms with Gasteiger partial charge < -0.3 is 5.73 Å². The zero-order valence-electron chi connectivity index (χ0n) is 14.2. The highest BCUT2D eigenvalue weighted by Crippen LogP contribution is 2.30. The van der Waals surface area contributed by atoms with Crippen molar-refractivity contribution in [2.45, 2.75) is 20.5 Å². The van der Waals surface area contributed by atoms with Crippen molar-refractivity contribution in [3.05, 3.63) is 59.7 Å².